The van der Waals surface area contributed by atoms with Crippen LogP contribution in [0.5, 0.6) is 0 Å². The molecule has 0 aliphatic carbocycles. The molecule has 0 aromatic carbocycles. The van der Waals surface area contributed by atoms with Crippen LogP contribution in [0.4, 0.5) is 5.13 Å². The monoisotopic (exact) mass is 384 g/mol. The third-order valence-electron chi connectivity index (χ3n) is 4.99. The topological polar surface area (TPSA) is 58.1 Å². The van der Waals surface area contributed by atoms with Crippen molar-refractivity contribution in [2.75, 3.05) is 24.2 Å². The second kappa shape index (κ2) is 11.0. The predicted molar refractivity (Wildman–Crippen MR) is 107 cm³/mol. The molecule has 2 atom stereocenters. The first kappa shape index (κ1) is 20.5. The number of aromatic nitrogens is 2. The normalized spacial score (nSPS) is 19.0. The summed E-state index contributed by atoms with van der Waals surface area (Å²) in [5.74, 6) is 1.50. The van der Waals surface area contributed by atoms with E-state index in [9.17, 15) is 4.79 Å². The quantitative estimate of drug-likeness (QED) is 0.470. The van der Waals surface area contributed by atoms with Gasteiger partial charge in [0.1, 0.15) is 0 Å². The Bertz CT molecular complexity index is 523. The van der Waals surface area contributed by atoms with Gasteiger partial charge < -0.3 is 10.2 Å². The van der Waals surface area contributed by atoms with Gasteiger partial charge in [-0.15, -0.1) is 10.2 Å². The highest BCUT2D eigenvalue weighted by molar-refractivity contribution is 8.01. The van der Waals surface area contributed by atoms with Crippen LogP contribution in [-0.4, -0.2) is 45.9 Å². The molecule has 2 rings (SSSR count). The molecule has 1 N–H and O–H groups in total. The van der Waals surface area contributed by atoms with Crippen LogP contribution in [0.25, 0.3) is 0 Å². The Balaban J connectivity index is 1.70. The highest BCUT2D eigenvalue weighted by Gasteiger charge is 2.25. The number of carbonyl (C=O) groups excluding carboxylic acids is 1. The molecule has 0 radical (unpaired) electrons. The number of thioether (sulfide) groups is 1. The maximum absolute atomic E-state index is 12.5. The minimum absolute atomic E-state index is 0.245. The fourth-order valence-corrected chi connectivity index (χ4v) is 4.81. The summed E-state index contributed by atoms with van der Waals surface area (Å²) >= 11 is 3.07. The molecule has 1 amide bonds. The van der Waals surface area contributed by atoms with E-state index >= 15 is 0 Å². The molecule has 2 unspecified atom stereocenters. The molecule has 1 aromatic heterocycles. The fourth-order valence-electron chi connectivity index (χ4n) is 3.15. The minimum Gasteiger partial charge on any atom is -0.360 e. The molecule has 1 fully saturated rings. The molecule has 25 heavy (non-hydrogen) atoms. The molecular weight excluding hydrogens is 352 g/mol. The summed E-state index contributed by atoms with van der Waals surface area (Å²) in [5, 5.41) is 12.6. The zero-order chi connectivity index (χ0) is 18.1. The summed E-state index contributed by atoms with van der Waals surface area (Å²) < 4.78 is 0.878. The van der Waals surface area contributed by atoms with Crippen LogP contribution < -0.4 is 5.32 Å². The van der Waals surface area contributed by atoms with Crippen LogP contribution in [0.2, 0.25) is 0 Å². The third kappa shape index (κ3) is 6.77. The van der Waals surface area contributed by atoms with Crippen molar-refractivity contribution in [3.63, 3.8) is 0 Å². The zero-order valence-electron chi connectivity index (χ0n) is 15.8. The Morgan fingerprint density at radius 2 is 2.24 bits per heavy atom. The molecule has 2 heterocycles. The molecule has 7 heteroatoms. The summed E-state index contributed by atoms with van der Waals surface area (Å²) in [7, 11) is 0. The maximum Gasteiger partial charge on any atom is 0.233 e. The number of nitrogens with one attached hydrogen (secondary N) is 1. The molecule has 0 saturated carbocycles. The van der Waals surface area contributed by atoms with Gasteiger partial charge in [-0.05, 0) is 44.4 Å². The van der Waals surface area contributed by atoms with Crippen LogP contribution in [-0.2, 0) is 4.79 Å². The number of nitrogens with zero attached hydrogens (tertiary/aromatic N) is 3. The maximum atomic E-state index is 12.5. The van der Waals surface area contributed by atoms with Crippen molar-refractivity contribution in [2.45, 2.75) is 76.1 Å². The van der Waals surface area contributed by atoms with Crippen molar-refractivity contribution in [1.29, 1.82) is 0 Å². The standard InChI is InChI=1S/C18H32N4OS2/c1-4-14(3)9-8-11-19-17-20-21-18(25-17)24-13-16(23)22-12-7-6-10-15(22)5-2/h14-15H,4-13H2,1-3H3,(H,19,20). The molecule has 0 bridgehead atoms. The van der Waals surface area contributed by atoms with E-state index in [1.54, 1.807) is 11.3 Å². The van der Waals surface area contributed by atoms with Crippen molar-refractivity contribution >= 4 is 34.1 Å². The van der Waals surface area contributed by atoms with Gasteiger partial charge in [0.2, 0.25) is 11.0 Å². The number of amides is 1. The fraction of sp³-hybridized carbons (Fsp3) is 0.833. The van der Waals surface area contributed by atoms with Crippen molar-refractivity contribution in [2.24, 2.45) is 5.92 Å². The summed E-state index contributed by atoms with van der Waals surface area (Å²) in [6.45, 7) is 8.56. The van der Waals surface area contributed by atoms with Crippen LogP contribution >= 0.6 is 23.1 Å². The summed E-state index contributed by atoms with van der Waals surface area (Å²) in [4.78, 5) is 14.6. The van der Waals surface area contributed by atoms with Crippen LogP contribution in [0.3, 0.4) is 0 Å². The van der Waals surface area contributed by atoms with E-state index in [-0.39, 0.29) is 5.91 Å². The van der Waals surface area contributed by atoms with E-state index < -0.39 is 0 Å². The zero-order valence-corrected chi connectivity index (χ0v) is 17.4. The van der Waals surface area contributed by atoms with E-state index in [1.807, 2.05) is 0 Å². The lowest BCUT2D eigenvalue weighted by Gasteiger charge is -2.35. The molecule has 1 aliphatic rings. The molecule has 1 aliphatic heterocycles. The molecule has 0 spiro atoms. The summed E-state index contributed by atoms with van der Waals surface area (Å²) in [6, 6.07) is 0.430. The van der Waals surface area contributed by atoms with Crippen molar-refractivity contribution in [1.82, 2.24) is 15.1 Å². The average molecular weight is 385 g/mol. The van der Waals surface area contributed by atoms with Crippen LogP contribution in [0, 0.1) is 5.92 Å². The number of likely N-dealkylation sites (tertiary alicyclic amines) is 1. The number of hydrogen-bond donors (Lipinski definition) is 1. The van der Waals surface area contributed by atoms with Crippen LogP contribution in [0.15, 0.2) is 4.34 Å². The molecule has 1 saturated heterocycles. The Hall–Kier alpha value is -0.820. The molecule has 5 nitrogen and oxygen atoms in total. The van der Waals surface area contributed by atoms with Crippen molar-refractivity contribution in [3.05, 3.63) is 0 Å². The van der Waals surface area contributed by atoms with Gasteiger partial charge in [-0.25, -0.2) is 0 Å². The smallest absolute Gasteiger partial charge is 0.233 e. The van der Waals surface area contributed by atoms with Gasteiger partial charge in [-0.3, -0.25) is 4.79 Å². The minimum atomic E-state index is 0.245. The Labute approximate surface area is 160 Å². The number of anilines is 1. The summed E-state index contributed by atoms with van der Waals surface area (Å²) in [6.07, 6.45) is 8.23. The van der Waals surface area contributed by atoms with Gasteiger partial charge in [0, 0.05) is 19.1 Å². The first-order valence-electron chi connectivity index (χ1n) is 9.63. The van der Waals surface area contributed by atoms with E-state index in [2.05, 4.69) is 41.2 Å². The van der Waals surface area contributed by atoms with E-state index in [0.717, 1.165) is 54.2 Å². The second-order valence-corrected chi connectivity index (χ2v) is 9.09. The van der Waals surface area contributed by atoms with E-state index in [0.29, 0.717) is 11.8 Å². The number of piperidine rings is 1. The van der Waals surface area contributed by atoms with Gasteiger partial charge in [0.05, 0.1) is 5.75 Å². The van der Waals surface area contributed by atoms with E-state index in [1.165, 1.54) is 31.0 Å². The van der Waals surface area contributed by atoms with Gasteiger partial charge in [0.25, 0.3) is 0 Å². The van der Waals surface area contributed by atoms with Crippen LogP contribution in [0.1, 0.15) is 65.7 Å². The highest BCUT2D eigenvalue weighted by atomic mass is 32.2. The van der Waals surface area contributed by atoms with Gasteiger partial charge in [-0.2, -0.15) is 0 Å². The van der Waals surface area contributed by atoms with Crippen molar-refractivity contribution in [3.8, 4) is 0 Å². The number of hydrogen-bond acceptors (Lipinski definition) is 6. The first-order valence-corrected chi connectivity index (χ1v) is 11.4. The average Bonchev–Trinajstić information content (AvgIpc) is 3.10. The van der Waals surface area contributed by atoms with Gasteiger partial charge >= 0.3 is 0 Å². The van der Waals surface area contributed by atoms with Gasteiger partial charge in [-0.1, -0.05) is 50.3 Å². The largest absolute Gasteiger partial charge is 0.360 e. The highest BCUT2D eigenvalue weighted by Crippen LogP contribution is 2.27. The molecule has 142 valence electrons. The first-order chi connectivity index (χ1) is 12.1. The molecule has 1 aromatic rings. The lowest BCUT2D eigenvalue weighted by molar-refractivity contribution is -0.132. The summed E-state index contributed by atoms with van der Waals surface area (Å²) in [5.41, 5.74) is 0. The lowest BCUT2D eigenvalue weighted by Crippen LogP contribution is -2.44. The SMILES string of the molecule is CCC(C)CCCNc1nnc(SCC(=O)N2CCCCC2CC)s1. The Morgan fingerprint density at radius 1 is 1.40 bits per heavy atom. The second-order valence-electron chi connectivity index (χ2n) is 6.89. The van der Waals surface area contributed by atoms with Gasteiger partial charge in [0.15, 0.2) is 4.34 Å². The molecular formula is C18H32N4OS2. The third-order valence-corrected chi connectivity index (χ3v) is 6.99. The Morgan fingerprint density at radius 3 is 3.00 bits per heavy atom. The lowest BCUT2D eigenvalue weighted by atomic mass is 10.0. The Kier molecular flexibility index (Phi) is 9.03. The van der Waals surface area contributed by atoms with Crippen molar-refractivity contribution < 1.29 is 4.79 Å². The van der Waals surface area contributed by atoms with E-state index in [4.69, 9.17) is 0 Å². The number of rotatable bonds is 10. The predicted octanol–water partition coefficient (Wildman–Crippen LogP) is 4.66. The number of carbonyl (C=O) groups is 1.